The molecule has 23 heavy (non-hydrogen) atoms. The summed E-state index contributed by atoms with van der Waals surface area (Å²) in [5.41, 5.74) is 5.72. The van der Waals surface area contributed by atoms with Crippen molar-refractivity contribution < 1.29 is 9.72 Å². The normalized spacial score (nSPS) is 17.5. The molecule has 124 valence electrons. The minimum Gasteiger partial charge on any atom is -0.368 e. The number of carbonyl (C=O) groups excluding carboxylic acids is 1. The number of primary amides is 1. The highest BCUT2D eigenvalue weighted by atomic mass is 35.5. The van der Waals surface area contributed by atoms with E-state index in [0.29, 0.717) is 28.8 Å². The van der Waals surface area contributed by atoms with E-state index in [9.17, 15) is 14.9 Å². The first-order valence-electron chi connectivity index (χ1n) is 7.15. The Morgan fingerprint density at radius 2 is 2.35 bits per heavy atom. The topological polar surface area (TPSA) is 102 Å². The number of aliphatic imine (C=N–C) groups is 1. The van der Waals surface area contributed by atoms with Crippen molar-refractivity contribution in [3.05, 3.63) is 33.3 Å². The molecule has 1 aromatic rings. The lowest BCUT2D eigenvalue weighted by atomic mass is 10.2. The van der Waals surface area contributed by atoms with Crippen molar-refractivity contribution in [2.24, 2.45) is 10.7 Å². The monoisotopic (exact) mass is 356 g/mol. The van der Waals surface area contributed by atoms with Gasteiger partial charge in [0, 0.05) is 23.4 Å². The van der Waals surface area contributed by atoms with Crippen LogP contribution in [0.4, 0.5) is 11.4 Å². The Labute approximate surface area is 143 Å². The van der Waals surface area contributed by atoms with Crippen LogP contribution in [0.15, 0.2) is 23.2 Å². The molecule has 7 nitrogen and oxygen atoms in total. The molecule has 0 bridgehead atoms. The molecule has 1 aliphatic rings. The number of nitrogens with zero attached hydrogens (tertiary/aromatic N) is 3. The molecule has 1 heterocycles. The number of halogens is 1. The van der Waals surface area contributed by atoms with Crippen LogP contribution in [0.3, 0.4) is 0 Å². The number of thioether (sulfide) groups is 1. The van der Waals surface area contributed by atoms with E-state index < -0.39 is 16.9 Å². The van der Waals surface area contributed by atoms with Crippen LogP contribution in [0.1, 0.15) is 19.8 Å². The summed E-state index contributed by atoms with van der Waals surface area (Å²) in [6.45, 7) is 2.52. The zero-order chi connectivity index (χ0) is 17.0. The van der Waals surface area contributed by atoms with Gasteiger partial charge in [0.2, 0.25) is 5.91 Å². The van der Waals surface area contributed by atoms with Crippen molar-refractivity contribution in [3.63, 3.8) is 0 Å². The van der Waals surface area contributed by atoms with Gasteiger partial charge in [-0.3, -0.25) is 14.9 Å². The van der Waals surface area contributed by atoms with E-state index >= 15 is 0 Å². The van der Waals surface area contributed by atoms with Crippen molar-refractivity contribution in [3.8, 4) is 0 Å². The van der Waals surface area contributed by atoms with Crippen LogP contribution >= 0.6 is 23.4 Å². The average molecular weight is 357 g/mol. The fraction of sp³-hybridized carbons (Fsp3) is 0.429. The molecule has 1 unspecified atom stereocenters. The van der Waals surface area contributed by atoms with Crippen molar-refractivity contribution in [2.75, 3.05) is 17.2 Å². The number of amidine groups is 1. The minimum atomic E-state index is -0.616. The third-order valence-electron chi connectivity index (χ3n) is 3.36. The third kappa shape index (κ3) is 4.14. The fourth-order valence-electron chi connectivity index (χ4n) is 2.28. The van der Waals surface area contributed by atoms with Gasteiger partial charge in [0.25, 0.3) is 5.69 Å². The fourth-order valence-corrected chi connectivity index (χ4v) is 3.45. The van der Waals surface area contributed by atoms with Gasteiger partial charge in [0.05, 0.1) is 4.92 Å². The zero-order valence-electron chi connectivity index (χ0n) is 12.6. The highest BCUT2D eigenvalue weighted by Crippen LogP contribution is 2.35. The molecule has 1 amide bonds. The number of hydrogen-bond acceptors (Lipinski definition) is 5. The molecule has 9 heteroatoms. The van der Waals surface area contributed by atoms with Gasteiger partial charge < -0.3 is 10.6 Å². The second kappa shape index (κ2) is 7.65. The minimum absolute atomic E-state index is 0.0844. The summed E-state index contributed by atoms with van der Waals surface area (Å²) in [4.78, 5) is 28.5. The summed E-state index contributed by atoms with van der Waals surface area (Å²) in [5, 5.41) is 12.1. The van der Waals surface area contributed by atoms with Gasteiger partial charge in [-0.15, -0.1) is 0 Å². The predicted molar refractivity (Wildman–Crippen MR) is 93.2 cm³/mol. The van der Waals surface area contributed by atoms with Crippen LogP contribution in [-0.2, 0) is 4.79 Å². The SMILES string of the molecule is CCCC(N=C1SCCN1c1ccc(Cl)cc1[N+](=O)[O-])C(N)=O. The van der Waals surface area contributed by atoms with E-state index in [-0.39, 0.29) is 5.69 Å². The first-order chi connectivity index (χ1) is 10.9. The smallest absolute Gasteiger partial charge is 0.294 e. The quantitative estimate of drug-likeness (QED) is 0.623. The summed E-state index contributed by atoms with van der Waals surface area (Å²) in [6, 6.07) is 3.90. The molecule has 1 atom stereocenters. The van der Waals surface area contributed by atoms with Gasteiger partial charge in [-0.2, -0.15) is 0 Å². The standard InChI is InChI=1S/C14H17ClN4O3S/c1-2-3-10(13(16)20)17-14-18(6-7-23-14)11-5-4-9(15)8-12(11)19(21)22/h4-5,8,10H,2-3,6-7H2,1H3,(H2,16,20). The summed E-state index contributed by atoms with van der Waals surface area (Å²) in [6.07, 6.45) is 1.33. The molecule has 0 saturated carbocycles. The van der Waals surface area contributed by atoms with Crippen molar-refractivity contribution in [1.29, 1.82) is 0 Å². The molecule has 1 aliphatic heterocycles. The summed E-state index contributed by atoms with van der Waals surface area (Å²) in [7, 11) is 0. The number of amides is 1. The van der Waals surface area contributed by atoms with Crippen LogP contribution in [0.5, 0.6) is 0 Å². The first-order valence-corrected chi connectivity index (χ1v) is 8.51. The molecule has 1 saturated heterocycles. The van der Waals surface area contributed by atoms with Crippen LogP contribution in [-0.4, -0.2) is 34.3 Å². The van der Waals surface area contributed by atoms with Gasteiger partial charge in [-0.25, -0.2) is 4.99 Å². The Morgan fingerprint density at radius 3 is 2.96 bits per heavy atom. The number of benzene rings is 1. The van der Waals surface area contributed by atoms with Crippen molar-refractivity contribution in [2.45, 2.75) is 25.8 Å². The van der Waals surface area contributed by atoms with Crippen LogP contribution in [0, 0.1) is 10.1 Å². The van der Waals surface area contributed by atoms with E-state index in [1.165, 1.54) is 17.8 Å². The Balaban J connectivity index is 2.39. The lowest BCUT2D eigenvalue weighted by molar-refractivity contribution is -0.384. The molecule has 1 aromatic carbocycles. The molecule has 2 rings (SSSR count). The number of nitrogens with two attached hydrogens (primary N) is 1. The summed E-state index contributed by atoms with van der Waals surface area (Å²) in [5.74, 6) is 0.244. The van der Waals surface area contributed by atoms with E-state index in [0.717, 1.165) is 12.2 Å². The molecule has 0 spiro atoms. The molecule has 0 aliphatic carbocycles. The van der Waals surface area contributed by atoms with Gasteiger partial charge in [0.15, 0.2) is 5.17 Å². The highest BCUT2D eigenvalue weighted by molar-refractivity contribution is 8.14. The molecular formula is C14H17ClN4O3S. The summed E-state index contributed by atoms with van der Waals surface area (Å²) >= 11 is 7.31. The molecule has 0 radical (unpaired) electrons. The number of anilines is 1. The Hall–Kier alpha value is -1.80. The van der Waals surface area contributed by atoms with E-state index in [1.807, 2.05) is 6.92 Å². The van der Waals surface area contributed by atoms with E-state index in [1.54, 1.807) is 17.0 Å². The second-order valence-electron chi connectivity index (χ2n) is 5.01. The average Bonchev–Trinajstić information content (AvgIpc) is 2.94. The highest BCUT2D eigenvalue weighted by Gasteiger charge is 2.29. The second-order valence-corrected chi connectivity index (χ2v) is 6.51. The lowest BCUT2D eigenvalue weighted by Crippen LogP contribution is -2.31. The van der Waals surface area contributed by atoms with Crippen LogP contribution in [0.2, 0.25) is 5.02 Å². The Kier molecular flexibility index (Phi) is 5.84. The maximum Gasteiger partial charge on any atom is 0.294 e. The van der Waals surface area contributed by atoms with Crippen molar-refractivity contribution >= 4 is 45.8 Å². The van der Waals surface area contributed by atoms with Gasteiger partial charge in [-0.05, 0) is 18.6 Å². The van der Waals surface area contributed by atoms with E-state index in [2.05, 4.69) is 4.99 Å². The molecule has 2 N–H and O–H groups in total. The summed E-state index contributed by atoms with van der Waals surface area (Å²) < 4.78 is 0. The van der Waals surface area contributed by atoms with Crippen molar-refractivity contribution in [1.82, 2.24) is 0 Å². The lowest BCUT2D eigenvalue weighted by Gasteiger charge is -2.19. The molecular weight excluding hydrogens is 340 g/mol. The first kappa shape index (κ1) is 17.6. The Bertz CT molecular complexity index is 653. The zero-order valence-corrected chi connectivity index (χ0v) is 14.1. The maximum atomic E-state index is 11.5. The molecule has 1 fully saturated rings. The van der Waals surface area contributed by atoms with E-state index in [4.69, 9.17) is 17.3 Å². The third-order valence-corrected chi connectivity index (χ3v) is 4.56. The van der Waals surface area contributed by atoms with Crippen LogP contribution < -0.4 is 10.6 Å². The largest absolute Gasteiger partial charge is 0.368 e. The van der Waals surface area contributed by atoms with Gasteiger partial charge >= 0.3 is 0 Å². The predicted octanol–water partition coefficient (Wildman–Crippen LogP) is 2.81. The number of carbonyl (C=O) groups is 1. The van der Waals surface area contributed by atoms with Gasteiger partial charge in [0.1, 0.15) is 11.7 Å². The molecule has 0 aromatic heterocycles. The maximum absolute atomic E-state index is 11.5. The van der Waals surface area contributed by atoms with Crippen LogP contribution in [0.25, 0.3) is 0 Å². The number of nitro groups is 1. The number of hydrogen-bond donors (Lipinski definition) is 1. The van der Waals surface area contributed by atoms with Gasteiger partial charge in [-0.1, -0.05) is 36.7 Å². The number of rotatable bonds is 6. The Morgan fingerprint density at radius 1 is 1.61 bits per heavy atom. The number of nitro benzene ring substituents is 1.